The van der Waals surface area contributed by atoms with Crippen LogP contribution < -0.4 is 10.6 Å². The molecule has 0 aromatic heterocycles. The smallest absolute Gasteiger partial charge is 0.191 e. The topological polar surface area (TPSA) is 48.9 Å². The lowest BCUT2D eigenvalue weighted by atomic mass is 9.98. The van der Waals surface area contributed by atoms with E-state index < -0.39 is 0 Å². The molecule has 1 aromatic carbocycles. The fraction of sp³-hybridized carbons (Fsp3) is 0.667. The van der Waals surface area contributed by atoms with E-state index in [-0.39, 0.29) is 6.10 Å². The van der Waals surface area contributed by atoms with Gasteiger partial charge < -0.3 is 15.4 Å². The normalized spacial score (nSPS) is 20.2. The molecule has 0 amide bonds. The van der Waals surface area contributed by atoms with E-state index in [9.17, 15) is 0 Å². The van der Waals surface area contributed by atoms with Crippen molar-refractivity contribution in [2.45, 2.75) is 39.2 Å². The van der Waals surface area contributed by atoms with Crippen LogP contribution in [0.4, 0.5) is 0 Å². The van der Waals surface area contributed by atoms with Gasteiger partial charge in [-0.1, -0.05) is 51.1 Å². The molecule has 1 aliphatic rings. The molecule has 2 unspecified atom stereocenters. The summed E-state index contributed by atoms with van der Waals surface area (Å²) < 4.78 is 5.90. The molecule has 146 valence electrons. The predicted molar refractivity (Wildman–Crippen MR) is 110 cm³/mol. The Labute approximate surface area is 159 Å². The molecule has 1 aliphatic heterocycles. The van der Waals surface area contributed by atoms with E-state index in [2.05, 4.69) is 71.6 Å². The second-order valence-corrected chi connectivity index (χ2v) is 7.63. The highest BCUT2D eigenvalue weighted by Gasteiger charge is 2.21. The van der Waals surface area contributed by atoms with Crippen LogP contribution in [0.15, 0.2) is 35.3 Å². The third-order valence-electron chi connectivity index (χ3n) is 4.81. The first kappa shape index (κ1) is 20.7. The molecule has 1 saturated heterocycles. The Hall–Kier alpha value is -1.59. The van der Waals surface area contributed by atoms with Crippen LogP contribution in [0.1, 0.15) is 38.7 Å². The van der Waals surface area contributed by atoms with E-state index in [1.54, 1.807) is 0 Å². The summed E-state index contributed by atoms with van der Waals surface area (Å²) in [5.41, 5.74) is 1.39. The number of guanidine groups is 1. The van der Waals surface area contributed by atoms with Crippen molar-refractivity contribution >= 4 is 5.96 Å². The summed E-state index contributed by atoms with van der Waals surface area (Å²) in [5, 5.41) is 6.84. The van der Waals surface area contributed by atoms with Crippen LogP contribution in [-0.2, 0) is 4.74 Å². The molecule has 0 bridgehead atoms. The maximum absolute atomic E-state index is 5.90. The second kappa shape index (κ2) is 11.2. The van der Waals surface area contributed by atoms with E-state index in [4.69, 9.17) is 4.74 Å². The molecule has 0 spiro atoms. The summed E-state index contributed by atoms with van der Waals surface area (Å²) in [5.74, 6) is 2.09. The van der Waals surface area contributed by atoms with Gasteiger partial charge in [0.2, 0.25) is 0 Å². The number of hydrogen-bond donors (Lipinski definition) is 2. The highest BCUT2D eigenvalue weighted by Crippen LogP contribution is 2.17. The van der Waals surface area contributed by atoms with E-state index in [1.807, 2.05) is 7.05 Å². The lowest BCUT2D eigenvalue weighted by Gasteiger charge is -2.34. The molecular formula is C21H36N4O. The van der Waals surface area contributed by atoms with Crippen LogP contribution in [0.25, 0.3) is 0 Å². The highest BCUT2D eigenvalue weighted by molar-refractivity contribution is 5.79. The number of nitrogens with zero attached hydrogens (tertiary/aromatic N) is 2. The Kier molecular flexibility index (Phi) is 8.92. The van der Waals surface area contributed by atoms with E-state index in [0.29, 0.717) is 11.8 Å². The molecule has 0 radical (unpaired) electrons. The van der Waals surface area contributed by atoms with Crippen molar-refractivity contribution in [3.63, 3.8) is 0 Å². The fourth-order valence-electron chi connectivity index (χ4n) is 3.37. The van der Waals surface area contributed by atoms with Crippen molar-refractivity contribution in [2.24, 2.45) is 10.9 Å². The van der Waals surface area contributed by atoms with Crippen molar-refractivity contribution in [2.75, 3.05) is 46.4 Å². The molecule has 2 N–H and O–H groups in total. The van der Waals surface area contributed by atoms with Crippen molar-refractivity contribution in [1.29, 1.82) is 0 Å². The lowest BCUT2D eigenvalue weighted by Crippen LogP contribution is -2.50. The Morgan fingerprint density at radius 2 is 2.00 bits per heavy atom. The van der Waals surface area contributed by atoms with Gasteiger partial charge in [0.25, 0.3) is 0 Å². The summed E-state index contributed by atoms with van der Waals surface area (Å²) in [6.07, 6.45) is 1.30. The van der Waals surface area contributed by atoms with Crippen molar-refractivity contribution in [3.8, 4) is 0 Å². The molecule has 5 heteroatoms. The molecule has 1 heterocycles. The van der Waals surface area contributed by atoms with Crippen molar-refractivity contribution < 1.29 is 4.74 Å². The van der Waals surface area contributed by atoms with Gasteiger partial charge in [0, 0.05) is 39.8 Å². The third-order valence-corrected chi connectivity index (χ3v) is 4.81. The maximum Gasteiger partial charge on any atom is 0.191 e. The predicted octanol–water partition coefficient (Wildman–Crippen LogP) is 2.70. The minimum Gasteiger partial charge on any atom is -0.374 e. The van der Waals surface area contributed by atoms with Gasteiger partial charge in [-0.15, -0.1) is 0 Å². The fourth-order valence-corrected chi connectivity index (χ4v) is 3.37. The molecule has 2 atom stereocenters. The van der Waals surface area contributed by atoms with Gasteiger partial charge in [-0.05, 0) is 23.8 Å². The average molecular weight is 361 g/mol. The standard InChI is InChI=1S/C21H36N4O/c1-17(2)15-25-12-13-26-20(16-25)14-24-21(22-4)23-11-10-18(3)19-8-6-5-7-9-19/h5-9,17-18,20H,10-16H2,1-4H3,(H2,22,23,24). The van der Waals surface area contributed by atoms with Gasteiger partial charge in [-0.25, -0.2) is 0 Å². The SMILES string of the molecule is CN=C(NCCC(C)c1ccccc1)NCC1CN(CC(C)C)CCO1. The first-order chi connectivity index (χ1) is 12.6. The minimum absolute atomic E-state index is 0.226. The number of morpholine rings is 1. The van der Waals surface area contributed by atoms with E-state index >= 15 is 0 Å². The van der Waals surface area contributed by atoms with Crippen molar-refractivity contribution in [1.82, 2.24) is 15.5 Å². The number of hydrogen-bond acceptors (Lipinski definition) is 3. The molecule has 2 rings (SSSR count). The van der Waals surface area contributed by atoms with Crippen LogP contribution in [0, 0.1) is 5.92 Å². The van der Waals surface area contributed by atoms with Crippen LogP contribution in [-0.4, -0.2) is 63.3 Å². The molecule has 0 aliphatic carbocycles. The van der Waals surface area contributed by atoms with Crippen LogP contribution in [0.5, 0.6) is 0 Å². The van der Waals surface area contributed by atoms with Crippen LogP contribution >= 0.6 is 0 Å². The zero-order valence-electron chi connectivity index (χ0n) is 16.9. The molecule has 0 saturated carbocycles. The van der Waals surface area contributed by atoms with Gasteiger partial charge >= 0.3 is 0 Å². The highest BCUT2D eigenvalue weighted by atomic mass is 16.5. The summed E-state index contributed by atoms with van der Waals surface area (Å²) in [6, 6.07) is 10.7. The van der Waals surface area contributed by atoms with Crippen LogP contribution in [0.2, 0.25) is 0 Å². The summed E-state index contributed by atoms with van der Waals surface area (Å²) in [6.45, 7) is 12.5. The maximum atomic E-state index is 5.90. The molecule has 1 aromatic rings. The minimum atomic E-state index is 0.226. The largest absolute Gasteiger partial charge is 0.374 e. The number of nitrogens with one attached hydrogen (secondary N) is 2. The number of benzene rings is 1. The van der Waals surface area contributed by atoms with Gasteiger partial charge in [0.05, 0.1) is 12.7 Å². The van der Waals surface area contributed by atoms with E-state index in [0.717, 1.165) is 51.7 Å². The quantitative estimate of drug-likeness (QED) is 0.553. The van der Waals surface area contributed by atoms with Gasteiger partial charge in [0.1, 0.15) is 0 Å². The summed E-state index contributed by atoms with van der Waals surface area (Å²) in [7, 11) is 1.82. The number of rotatable bonds is 8. The molecule has 5 nitrogen and oxygen atoms in total. The summed E-state index contributed by atoms with van der Waals surface area (Å²) in [4.78, 5) is 6.83. The zero-order chi connectivity index (χ0) is 18.8. The lowest BCUT2D eigenvalue weighted by molar-refractivity contribution is -0.0284. The van der Waals surface area contributed by atoms with E-state index in [1.165, 1.54) is 5.56 Å². The Morgan fingerprint density at radius 1 is 1.23 bits per heavy atom. The number of ether oxygens (including phenoxy) is 1. The van der Waals surface area contributed by atoms with Crippen molar-refractivity contribution in [3.05, 3.63) is 35.9 Å². The summed E-state index contributed by atoms with van der Waals surface area (Å²) >= 11 is 0. The Balaban J connectivity index is 1.67. The second-order valence-electron chi connectivity index (χ2n) is 7.63. The molecule has 1 fully saturated rings. The van der Waals surface area contributed by atoms with Gasteiger partial charge in [0.15, 0.2) is 5.96 Å². The Bertz CT molecular complexity index is 532. The zero-order valence-corrected chi connectivity index (χ0v) is 16.9. The van der Waals surface area contributed by atoms with Crippen LogP contribution in [0.3, 0.4) is 0 Å². The Morgan fingerprint density at radius 3 is 2.69 bits per heavy atom. The third kappa shape index (κ3) is 7.34. The first-order valence-electron chi connectivity index (χ1n) is 9.92. The first-order valence-corrected chi connectivity index (χ1v) is 9.92. The average Bonchev–Trinajstić information content (AvgIpc) is 2.65. The number of aliphatic imine (C=N–C) groups is 1. The molecule has 26 heavy (non-hydrogen) atoms. The monoisotopic (exact) mass is 360 g/mol. The van der Waals surface area contributed by atoms with Gasteiger partial charge in [-0.3, -0.25) is 9.89 Å². The van der Waals surface area contributed by atoms with Gasteiger partial charge in [-0.2, -0.15) is 0 Å². The molecular weight excluding hydrogens is 324 g/mol.